The molecule has 0 saturated heterocycles. The van der Waals surface area contributed by atoms with E-state index in [9.17, 15) is 0 Å². The van der Waals surface area contributed by atoms with Crippen molar-refractivity contribution in [1.82, 2.24) is 0 Å². The number of fused-ring (bicyclic) bond motifs is 8. The summed E-state index contributed by atoms with van der Waals surface area (Å²) in [6.07, 6.45) is 7.18. The van der Waals surface area contributed by atoms with Gasteiger partial charge in [0.15, 0.2) is 0 Å². The molecule has 2 nitrogen and oxygen atoms in total. The average Bonchev–Trinajstić information content (AvgIpc) is 3.01. The van der Waals surface area contributed by atoms with Crippen molar-refractivity contribution in [2.24, 2.45) is 0 Å². The summed E-state index contributed by atoms with van der Waals surface area (Å²) in [6.45, 7) is 0.647. The first kappa shape index (κ1) is 14.0. The molecule has 5 rings (SSSR count). The van der Waals surface area contributed by atoms with E-state index in [-0.39, 0.29) is 0 Å². The highest BCUT2D eigenvalue weighted by Gasteiger charge is 2.27. The zero-order chi connectivity index (χ0) is 16.1. The molecule has 2 aliphatic rings. The van der Waals surface area contributed by atoms with Crippen molar-refractivity contribution in [3.8, 4) is 22.6 Å². The topological polar surface area (TPSA) is 18.5 Å². The highest BCUT2D eigenvalue weighted by atomic mass is 32.2. The molecule has 0 amide bonds. The molecule has 0 saturated carbocycles. The molecule has 3 heteroatoms. The van der Waals surface area contributed by atoms with Gasteiger partial charge in [0, 0.05) is 17.2 Å². The van der Waals surface area contributed by atoms with Crippen LogP contribution in [0.15, 0.2) is 48.5 Å². The van der Waals surface area contributed by atoms with Crippen LogP contribution >= 0.6 is 12.0 Å². The Balaban J connectivity index is 1.83. The maximum Gasteiger partial charge on any atom is 0.137 e. The summed E-state index contributed by atoms with van der Waals surface area (Å²) in [5.74, 6) is 1.94. The van der Waals surface area contributed by atoms with E-state index < -0.39 is 0 Å². The van der Waals surface area contributed by atoms with Gasteiger partial charge in [-0.05, 0) is 52.3 Å². The van der Waals surface area contributed by atoms with Crippen molar-refractivity contribution in [3.63, 3.8) is 0 Å². The van der Waals surface area contributed by atoms with Gasteiger partial charge in [0.05, 0.1) is 12.0 Å². The first-order valence-corrected chi connectivity index (χ1v) is 9.22. The molecule has 3 aromatic carbocycles. The Hall–Kier alpha value is -2.39. The summed E-state index contributed by atoms with van der Waals surface area (Å²) in [5.41, 5.74) is 6.60. The molecule has 0 N–H and O–H groups in total. The molecule has 0 spiro atoms. The second kappa shape index (κ2) is 5.32. The first-order valence-electron chi connectivity index (χ1n) is 8.07. The fourth-order valence-electron chi connectivity index (χ4n) is 3.90. The van der Waals surface area contributed by atoms with E-state index in [1.165, 1.54) is 50.6 Å². The van der Waals surface area contributed by atoms with E-state index in [0.717, 1.165) is 17.9 Å². The lowest BCUT2D eigenvalue weighted by atomic mass is 9.92. The number of ether oxygens (including phenoxy) is 1. The monoisotopic (exact) mass is 332 g/mol. The van der Waals surface area contributed by atoms with Crippen LogP contribution in [0, 0.1) is 0 Å². The normalized spacial score (nSPS) is 14.0. The predicted octanol–water partition coefficient (Wildman–Crippen LogP) is 5.47. The Labute approximate surface area is 145 Å². The van der Waals surface area contributed by atoms with Gasteiger partial charge in [0.1, 0.15) is 18.1 Å². The van der Waals surface area contributed by atoms with Gasteiger partial charge in [0.25, 0.3) is 0 Å². The third kappa shape index (κ3) is 1.91. The Morgan fingerprint density at radius 2 is 1.96 bits per heavy atom. The summed E-state index contributed by atoms with van der Waals surface area (Å²) in [7, 11) is 0. The smallest absolute Gasteiger partial charge is 0.137 e. The van der Waals surface area contributed by atoms with Crippen LogP contribution in [-0.4, -0.2) is 12.9 Å². The zero-order valence-electron chi connectivity index (χ0n) is 13.3. The van der Waals surface area contributed by atoms with Crippen LogP contribution in [0.25, 0.3) is 28.0 Å². The van der Waals surface area contributed by atoms with Gasteiger partial charge in [-0.3, -0.25) is 0 Å². The van der Waals surface area contributed by atoms with Crippen LogP contribution in [0.4, 0.5) is 0 Å². The third-order valence-corrected chi connectivity index (χ3v) is 5.17. The molecule has 118 valence electrons. The van der Waals surface area contributed by atoms with Crippen molar-refractivity contribution in [2.75, 3.05) is 12.9 Å². The summed E-state index contributed by atoms with van der Waals surface area (Å²) in [4.78, 5) is 0. The minimum absolute atomic E-state index is 0.647. The van der Waals surface area contributed by atoms with Crippen LogP contribution in [0.1, 0.15) is 16.7 Å². The minimum atomic E-state index is 0.647. The second-order valence-electron chi connectivity index (χ2n) is 6.10. The van der Waals surface area contributed by atoms with Crippen LogP contribution in [0.2, 0.25) is 0 Å². The molecule has 0 radical (unpaired) electrons. The van der Waals surface area contributed by atoms with E-state index in [4.69, 9.17) is 8.92 Å². The molecular weight excluding hydrogens is 316 g/mol. The lowest BCUT2D eigenvalue weighted by molar-refractivity contribution is 0.362. The van der Waals surface area contributed by atoms with Crippen molar-refractivity contribution < 1.29 is 8.92 Å². The van der Waals surface area contributed by atoms with E-state index in [1.807, 2.05) is 6.26 Å². The lowest BCUT2D eigenvalue weighted by Crippen LogP contribution is -2.04. The Morgan fingerprint density at radius 3 is 2.83 bits per heavy atom. The van der Waals surface area contributed by atoms with Gasteiger partial charge < -0.3 is 8.92 Å². The SMILES string of the molecule is CSOc1ccc2c(c1)Cc1c3c(c4ccccc4c1-2)OCC=C3. The largest absolute Gasteiger partial charge is 0.488 e. The molecule has 24 heavy (non-hydrogen) atoms. The van der Waals surface area contributed by atoms with Crippen molar-refractivity contribution in [2.45, 2.75) is 6.42 Å². The number of hydrogen-bond acceptors (Lipinski definition) is 3. The van der Waals surface area contributed by atoms with E-state index in [2.05, 4.69) is 54.6 Å². The van der Waals surface area contributed by atoms with Gasteiger partial charge in [-0.25, -0.2) is 0 Å². The average molecular weight is 332 g/mol. The Bertz CT molecular complexity index is 1000. The predicted molar refractivity (Wildman–Crippen MR) is 101 cm³/mol. The van der Waals surface area contributed by atoms with Crippen LogP contribution < -0.4 is 8.92 Å². The summed E-state index contributed by atoms with van der Waals surface area (Å²) < 4.78 is 11.6. The highest BCUT2D eigenvalue weighted by molar-refractivity contribution is 7.94. The fraction of sp³-hybridized carbons (Fsp3) is 0.143. The fourth-order valence-corrected chi connectivity index (χ4v) is 4.19. The van der Waals surface area contributed by atoms with Gasteiger partial charge in [0.2, 0.25) is 0 Å². The Morgan fingerprint density at radius 1 is 1.08 bits per heavy atom. The molecule has 0 bridgehead atoms. The molecular formula is C21H16O2S. The van der Waals surface area contributed by atoms with Crippen LogP contribution in [0.3, 0.4) is 0 Å². The molecule has 0 atom stereocenters. The van der Waals surface area contributed by atoms with E-state index in [0.29, 0.717) is 6.61 Å². The number of hydrogen-bond donors (Lipinski definition) is 0. The molecule has 1 aliphatic heterocycles. The van der Waals surface area contributed by atoms with Gasteiger partial charge >= 0.3 is 0 Å². The van der Waals surface area contributed by atoms with Crippen molar-refractivity contribution in [3.05, 3.63) is 65.2 Å². The molecule has 1 heterocycles. The molecule has 0 aromatic heterocycles. The number of rotatable bonds is 2. The second-order valence-corrected chi connectivity index (χ2v) is 6.60. The molecule has 0 unspecified atom stereocenters. The van der Waals surface area contributed by atoms with Crippen LogP contribution in [0.5, 0.6) is 11.5 Å². The highest BCUT2D eigenvalue weighted by Crippen LogP contribution is 2.49. The van der Waals surface area contributed by atoms with Crippen LogP contribution in [-0.2, 0) is 6.42 Å². The standard InChI is InChI=1S/C21H16O2S/c1-24-23-14-8-9-15-13(11-14)12-19-18-7-4-10-22-21(18)17-6-3-2-5-16(17)20(15)19/h2-9,11H,10,12H2,1H3. The van der Waals surface area contributed by atoms with Gasteiger partial charge in [-0.1, -0.05) is 36.4 Å². The summed E-state index contributed by atoms with van der Waals surface area (Å²) >= 11 is 1.38. The molecule has 0 fully saturated rings. The summed E-state index contributed by atoms with van der Waals surface area (Å²) in [5, 5.41) is 2.48. The van der Waals surface area contributed by atoms with Crippen molar-refractivity contribution in [1.29, 1.82) is 0 Å². The lowest BCUT2D eigenvalue weighted by Gasteiger charge is -2.19. The summed E-state index contributed by atoms with van der Waals surface area (Å²) in [6, 6.07) is 15.0. The van der Waals surface area contributed by atoms with E-state index >= 15 is 0 Å². The van der Waals surface area contributed by atoms with E-state index in [1.54, 1.807) is 0 Å². The number of benzene rings is 3. The minimum Gasteiger partial charge on any atom is -0.488 e. The van der Waals surface area contributed by atoms with Crippen molar-refractivity contribution >= 4 is 28.9 Å². The van der Waals surface area contributed by atoms with Gasteiger partial charge in [-0.15, -0.1) is 0 Å². The quantitative estimate of drug-likeness (QED) is 0.453. The molecule has 1 aliphatic carbocycles. The van der Waals surface area contributed by atoms with Gasteiger partial charge in [-0.2, -0.15) is 0 Å². The Kier molecular flexibility index (Phi) is 3.10. The zero-order valence-corrected chi connectivity index (χ0v) is 14.2. The molecule has 3 aromatic rings. The first-order chi connectivity index (χ1) is 11.9. The third-order valence-electron chi connectivity index (χ3n) is 4.81. The maximum absolute atomic E-state index is 6.01. The maximum atomic E-state index is 6.01.